The van der Waals surface area contributed by atoms with Crippen LogP contribution in [0.5, 0.6) is 23.0 Å². The fourth-order valence-electron chi connectivity index (χ4n) is 5.11. The zero-order chi connectivity index (χ0) is 33.2. The van der Waals surface area contributed by atoms with Crippen LogP contribution in [0.15, 0.2) is 121 Å². The Morgan fingerprint density at radius 3 is 1.02 bits per heavy atom. The molecule has 0 atom stereocenters. The molecule has 5 rings (SSSR count). The summed E-state index contributed by atoms with van der Waals surface area (Å²) in [6, 6.07) is 39.8. The maximum Gasteiger partial charge on any atom is 0.264 e. The summed E-state index contributed by atoms with van der Waals surface area (Å²) in [7, 11) is 0.988. The normalized spacial score (nSPS) is 11.1. The molecule has 9 nitrogen and oxygen atoms in total. The van der Waals surface area contributed by atoms with E-state index in [0.29, 0.717) is 25.2 Å². The van der Waals surface area contributed by atoms with E-state index in [1.807, 2.05) is 97.1 Å². The molecule has 0 aliphatic rings. The van der Waals surface area contributed by atoms with E-state index in [0.717, 1.165) is 51.4 Å². The molecular formula is C37H38N2O7S. The largest absolute Gasteiger partial charge is 0.497 e. The minimum Gasteiger partial charge on any atom is -0.497 e. The van der Waals surface area contributed by atoms with E-state index in [1.165, 1.54) is 0 Å². The number of rotatable bonds is 15. The second-order valence-corrected chi connectivity index (χ2v) is 12.2. The first-order valence-electron chi connectivity index (χ1n) is 15.1. The van der Waals surface area contributed by atoms with Gasteiger partial charge in [-0.2, -0.15) is 8.42 Å². The summed E-state index contributed by atoms with van der Waals surface area (Å²) in [5.41, 5.74) is 5.73. The maximum absolute atomic E-state index is 11.0. The summed E-state index contributed by atoms with van der Waals surface area (Å²) in [6.07, 6.45) is 0.836. The molecule has 0 aromatic heterocycles. The fourth-order valence-corrected chi connectivity index (χ4v) is 5.68. The van der Waals surface area contributed by atoms with Gasteiger partial charge in [-0.1, -0.05) is 0 Å². The van der Waals surface area contributed by atoms with Crippen LogP contribution in [0.25, 0.3) is 0 Å². The van der Waals surface area contributed by atoms with Gasteiger partial charge in [-0.15, -0.1) is 0 Å². The summed E-state index contributed by atoms with van der Waals surface area (Å²) in [6.45, 7) is 0.345. The first kappa shape index (κ1) is 33.2. The van der Waals surface area contributed by atoms with Crippen molar-refractivity contribution in [2.75, 3.05) is 43.5 Å². The quantitative estimate of drug-likeness (QED) is 0.0878. The number of ether oxygens (including phenoxy) is 4. The van der Waals surface area contributed by atoms with Crippen LogP contribution in [0.3, 0.4) is 0 Å². The molecule has 47 heavy (non-hydrogen) atoms. The van der Waals surface area contributed by atoms with E-state index in [2.05, 4.69) is 34.1 Å². The lowest BCUT2D eigenvalue weighted by Gasteiger charge is -2.28. The number of methoxy groups -OCH3 is 3. The number of unbranched alkanes of at least 4 members (excludes halogenated alkanes) is 1. The molecule has 5 aromatic carbocycles. The summed E-state index contributed by atoms with van der Waals surface area (Å²) in [5, 5.41) is 0. The van der Waals surface area contributed by atoms with Gasteiger partial charge in [0, 0.05) is 34.1 Å². The van der Waals surface area contributed by atoms with Gasteiger partial charge in [0.15, 0.2) is 0 Å². The van der Waals surface area contributed by atoms with Crippen LogP contribution in [-0.4, -0.2) is 46.7 Å². The van der Waals surface area contributed by atoms with Crippen molar-refractivity contribution in [3.8, 4) is 23.0 Å². The van der Waals surface area contributed by atoms with Crippen molar-refractivity contribution in [1.82, 2.24) is 0 Å². The SMILES string of the molecule is COc1ccc(N(c2ccc(OC)cc2)c2ccc(N(c3ccc(OC)cc3)c3ccc(OCCCCS(=O)(=O)O)cc3)cc2)cc1. The Hall–Kier alpha value is -5.19. The van der Waals surface area contributed by atoms with E-state index in [4.69, 9.17) is 23.5 Å². The summed E-state index contributed by atoms with van der Waals surface area (Å²) in [4.78, 5) is 4.31. The minimum atomic E-state index is -3.96. The molecule has 0 saturated heterocycles. The highest BCUT2D eigenvalue weighted by atomic mass is 32.2. The van der Waals surface area contributed by atoms with E-state index < -0.39 is 10.1 Å². The standard InChI is InChI=1S/C37H38N2O7S/c1-43-34-18-10-30(11-19-34)38(31-12-20-35(44-2)21-13-31)28-6-8-29(9-7-28)39(32-14-22-36(45-3)23-15-32)33-16-24-37(25-17-33)46-26-4-5-27-47(40,41)42/h6-25H,4-5,26-27H2,1-3H3,(H,40,41,42). The van der Waals surface area contributed by atoms with Crippen molar-refractivity contribution in [2.24, 2.45) is 0 Å². The van der Waals surface area contributed by atoms with Gasteiger partial charge in [-0.3, -0.25) is 4.55 Å². The molecule has 244 valence electrons. The third-order valence-electron chi connectivity index (χ3n) is 7.52. The lowest BCUT2D eigenvalue weighted by Crippen LogP contribution is -2.12. The Morgan fingerprint density at radius 2 is 0.745 bits per heavy atom. The van der Waals surface area contributed by atoms with E-state index >= 15 is 0 Å². The van der Waals surface area contributed by atoms with Gasteiger partial charge in [-0.05, 0) is 134 Å². The van der Waals surface area contributed by atoms with Crippen LogP contribution in [0.4, 0.5) is 34.1 Å². The van der Waals surface area contributed by atoms with Crippen molar-refractivity contribution < 1.29 is 31.9 Å². The lowest BCUT2D eigenvalue weighted by molar-refractivity contribution is 0.309. The Labute approximate surface area is 276 Å². The molecule has 0 saturated carbocycles. The zero-order valence-electron chi connectivity index (χ0n) is 26.6. The van der Waals surface area contributed by atoms with Crippen LogP contribution < -0.4 is 28.7 Å². The molecule has 0 bridgehead atoms. The van der Waals surface area contributed by atoms with E-state index in [1.54, 1.807) is 21.3 Å². The number of anilines is 6. The second kappa shape index (κ2) is 15.4. The highest BCUT2D eigenvalue weighted by Gasteiger charge is 2.17. The molecular weight excluding hydrogens is 616 g/mol. The van der Waals surface area contributed by atoms with Crippen molar-refractivity contribution in [2.45, 2.75) is 12.8 Å². The molecule has 0 aliphatic heterocycles. The summed E-state index contributed by atoms with van der Waals surface area (Å²) < 4.78 is 52.8. The Bertz CT molecular complexity index is 1760. The topological polar surface area (TPSA) is 97.8 Å². The molecule has 0 amide bonds. The molecule has 10 heteroatoms. The van der Waals surface area contributed by atoms with Crippen LogP contribution in [0.1, 0.15) is 12.8 Å². The monoisotopic (exact) mass is 654 g/mol. The number of nitrogens with zero attached hydrogens (tertiary/aromatic N) is 2. The smallest absolute Gasteiger partial charge is 0.264 e. The lowest BCUT2D eigenvalue weighted by atomic mass is 10.1. The third kappa shape index (κ3) is 8.75. The van der Waals surface area contributed by atoms with E-state index in [9.17, 15) is 8.42 Å². The van der Waals surface area contributed by atoms with Gasteiger partial charge >= 0.3 is 0 Å². The third-order valence-corrected chi connectivity index (χ3v) is 8.32. The van der Waals surface area contributed by atoms with Crippen LogP contribution >= 0.6 is 0 Å². The van der Waals surface area contributed by atoms with Gasteiger partial charge in [0.25, 0.3) is 10.1 Å². The van der Waals surface area contributed by atoms with Gasteiger partial charge < -0.3 is 28.7 Å². The maximum atomic E-state index is 11.0. The molecule has 1 N–H and O–H groups in total. The summed E-state index contributed by atoms with van der Waals surface area (Å²) >= 11 is 0. The first-order chi connectivity index (χ1) is 22.8. The Morgan fingerprint density at radius 1 is 0.468 bits per heavy atom. The molecule has 0 unspecified atom stereocenters. The highest BCUT2D eigenvalue weighted by molar-refractivity contribution is 7.85. The molecule has 0 fully saturated rings. The fraction of sp³-hybridized carbons (Fsp3) is 0.189. The first-order valence-corrected chi connectivity index (χ1v) is 16.7. The predicted octanol–water partition coefficient (Wildman–Crippen LogP) is 8.70. The van der Waals surface area contributed by atoms with Gasteiger partial charge in [0.2, 0.25) is 0 Å². The van der Waals surface area contributed by atoms with Gasteiger partial charge in [0.1, 0.15) is 23.0 Å². The van der Waals surface area contributed by atoms with Crippen LogP contribution in [0, 0.1) is 0 Å². The van der Waals surface area contributed by atoms with Crippen LogP contribution in [0.2, 0.25) is 0 Å². The second-order valence-electron chi connectivity index (χ2n) is 10.6. The zero-order valence-corrected chi connectivity index (χ0v) is 27.4. The summed E-state index contributed by atoms with van der Waals surface area (Å²) in [5.74, 6) is 2.71. The van der Waals surface area contributed by atoms with Crippen molar-refractivity contribution >= 4 is 44.2 Å². The van der Waals surface area contributed by atoms with Gasteiger partial charge in [0.05, 0.1) is 33.7 Å². The number of hydrogen-bond acceptors (Lipinski definition) is 8. The highest BCUT2D eigenvalue weighted by Crippen LogP contribution is 2.40. The van der Waals surface area contributed by atoms with Gasteiger partial charge in [-0.25, -0.2) is 0 Å². The predicted molar refractivity (Wildman–Crippen MR) is 187 cm³/mol. The minimum absolute atomic E-state index is 0.275. The molecule has 0 radical (unpaired) electrons. The van der Waals surface area contributed by atoms with Crippen molar-refractivity contribution in [3.05, 3.63) is 121 Å². The Kier molecular flexibility index (Phi) is 10.9. The average Bonchev–Trinajstić information content (AvgIpc) is 3.10. The molecule has 5 aromatic rings. The Balaban J connectivity index is 1.44. The average molecular weight is 655 g/mol. The van der Waals surface area contributed by atoms with Crippen LogP contribution in [-0.2, 0) is 10.1 Å². The molecule has 0 spiro atoms. The number of benzene rings is 5. The van der Waals surface area contributed by atoms with Crippen molar-refractivity contribution in [3.63, 3.8) is 0 Å². The molecule has 0 aliphatic carbocycles. The van der Waals surface area contributed by atoms with Crippen molar-refractivity contribution in [1.29, 1.82) is 0 Å². The molecule has 0 heterocycles. The van der Waals surface area contributed by atoms with E-state index in [-0.39, 0.29) is 5.75 Å². The number of hydrogen-bond donors (Lipinski definition) is 1.